The third kappa shape index (κ3) is 3.59. The largest absolute Gasteiger partial charge is 0.478 e. The van der Waals surface area contributed by atoms with Gasteiger partial charge in [-0.15, -0.1) is 0 Å². The van der Waals surface area contributed by atoms with E-state index in [1.54, 1.807) is 18.3 Å². The molecule has 2 rings (SSSR count). The first kappa shape index (κ1) is 15.5. The second-order valence-corrected chi connectivity index (χ2v) is 6.78. The zero-order valence-electron chi connectivity index (χ0n) is 10.9. The van der Waals surface area contributed by atoms with Gasteiger partial charge in [0, 0.05) is 10.7 Å². The molecular formula is C13H11BrN2O4S. The Labute approximate surface area is 130 Å². The Hall–Kier alpha value is -1.93. The molecule has 0 atom stereocenters. The number of halogens is 1. The summed E-state index contributed by atoms with van der Waals surface area (Å²) in [7, 11) is -3.85. The summed E-state index contributed by atoms with van der Waals surface area (Å²) < 4.78 is 27.0. The highest BCUT2D eigenvalue weighted by molar-refractivity contribution is 9.10. The lowest BCUT2D eigenvalue weighted by Gasteiger charge is -2.09. The summed E-state index contributed by atoms with van der Waals surface area (Å²) in [4.78, 5) is 14.7. The predicted octanol–water partition coefficient (Wildman–Crippen LogP) is 2.65. The molecule has 2 N–H and O–H groups in total. The van der Waals surface area contributed by atoms with Gasteiger partial charge < -0.3 is 5.11 Å². The predicted molar refractivity (Wildman–Crippen MR) is 80.9 cm³/mol. The van der Waals surface area contributed by atoms with Crippen LogP contribution in [0.1, 0.15) is 15.9 Å². The minimum absolute atomic E-state index is 0.00529. The molecule has 0 aliphatic rings. The molecule has 0 bridgehead atoms. The molecule has 0 fully saturated rings. The maximum absolute atomic E-state index is 12.3. The van der Waals surface area contributed by atoms with Crippen LogP contribution in [0, 0.1) is 6.92 Å². The number of carboxylic acids is 1. The van der Waals surface area contributed by atoms with Crippen LogP contribution in [0.3, 0.4) is 0 Å². The number of benzene rings is 1. The van der Waals surface area contributed by atoms with Gasteiger partial charge in [0.25, 0.3) is 10.0 Å². The first-order valence-corrected chi connectivity index (χ1v) is 8.05. The van der Waals surface area contributed by atoms with Gasteiger partial charge >= 0.3 is 5.97 Å². The zero-order valence-corrected chi connectivity index (χ0v) is 13.3. The number of hydrogen-bond donors (Lipinski definition) is 2. The number of carbonyl (C=O) groups is 1. The maximum atomic E-state index is 12.3. The molecule has 0 aliphatic carbocycles. The second kappa shape index (κ2) is 5.82. The molecule has 0 amide bonds. The molecule has 0 spiro atoms. The van der Waals surface area contributed by atoms with Crippen molar-refractivity contribution >= 4 is 37.7 Å². The van der Waals surface area contributed by atoms with E-state index in [0.717, 1.165) is 5.56 Å². The topological polar surface area (TPSA) is 96.4 Å². The van der Waals surface area contributed by atoms with Gasteiger partial charge in [-0.1, -0.05) is 6.07 Å². The summed E-state index contributed by atoms with van der Waals surface area (Å²) in [6.07, 6.45) is 1.54. The molecule has 6 nitrogen and oxygen atoms in total. The smallest absolute Gasteiger partial charge is 0.335 e. The maximum Gasteiger partial charge on any atom is 0.335 e. The van der Waals surface area contributed by atoms with Crippen molar-refractivity contribution in [3.8, 4) is 0 Å². The number of nitrogens with zero attached hydrogens (tertiary/aromatic N) is 1. The molecule has 0 saturated carbocycles. The first-order valence-electron chi connectivity index (χ1n) is 5.78. The summed E-state index contributed by atoms with van der Waals surface area (Å²) in [6.45, 7) is 1.84. The molecular weight excluding hydrogens is 360 g/mol. The molecule has 1 aromatic carbocycles. The quantitative estimate of drug-likeness (QED) is 0.862. The highest BCUT2D eigenvalue weighted by Crippen LogP contribution is 2.25. The molecule has 1 aromatic heterocycles. The SMILES string of the molecule is Cc1ccc(NS(=O)(=O)c2ccc(C(=O)O)cc2Br)nc1. The van der Waals surface area contributed by atoms with Gasteiger partial charge in [-0.2, -0.15) is 0 Å². The number of anilines is 1. The van der Waals surface area contributed by atoms with Crippen molar-refractivity contribution < 1.29 is 18.3 Å². The Kier molecular flexibility index (Phi) is 4.29. The number of carboxylic acid groups (broad SMARTS) is 1. The Bertz CT molecular complexity index is 788. The average molecular weight is 371 g/mol. The van der Waals surface area contributed by atoms with E-state index < -0.39 is 16.0 Å². The highest BCUT2D eigenvalue weighted by Gasteiger charge is 2.19. The van der Waals surface area contributed by atoms with E-state index in [2.05, 4.69) is 25.6 Å². The third-order valence-corrected chi connectivity index (χ3v) is 4.95. The molecule has 0 saturated heterocycles. The van der Waals surface area contributed by atoms with Gasteiger partial charge in [-0.05, 0) is 52.7 Å². The van der Waals surface area contributed by atoms with Gasteiger partial charge in [0.2, 0.25) is 0 Å². The normalized spacial score (nSPS) is 11.1. The van der Waals surface area contributed by atoms with Crippen molar-refractivity contribution in [1.82, 2.24) is 4.98 Å². The number of aromatic carboxylic acids is 1. The lowest BCUT2D eigenvalue weighted by atomic mass is 10.2. The second-order valence-electron chi connectivity index (χ2n) is 4.28. The Balaban J connectivity index is 2.35. The molecule has 21 heavy (non-hydrogen) atoms. The van der Waals surface area contributed by atoms with E-state index in [1.807, 2.05) is 6.92 Å². The van der Waals surface area contributed by atoms with Crippen LogP contribution in [-0.2, 0) is 10.0 Å². The van der Waals surface area contributed by atoms with Crippen molar-refractivity contribution in [2.45, 2.75) is 11.8 Å². The minimum atomic E-state index is -3.85. The van der Waals surface area contributed by atoms with E-state index in [0.29, 0.717) is 0 Å². The fourth-order valence-electron chi connectivity index (χ4n) is 1.57. The molecule has 2 aromatic rings. The number of aryl methyl sites for hydroxylation is 1. The molecule has 1 heterocycles. The molecule has 0 radical (unpaired) electrons. The lowest BCUT2D eigenvalue weighted by molar-refractivity contribution is 0.0696. The fourth-order valence-corrected chi connectivity index (χ4v) is 3.66. The van der Waals surface area contributed by atoms with E-state index in [9.17, 15) is 13.2 Å². The first-order chi connectivity index (χ1) is 9.79. The monoisotopic (exact) mass is 370 g/mol. The van der Waals surface area contributed by atoms with Crippen LogP contribution in [-0.4, -0.2) is 24.5 Å². The lowest BCUT2D eigenvalue weighted by Crippen LogP contribution is -2.15. The van der Waals surface area contributed by atoms with Crippen LogP contribution >= 0.6 is 15.9 Å². The fraction of sp³-hybridized carbons (Fsp3) is 0.0769. The van der Waals surface area contributed by atoms with E-state index in [1.165, 1.54) is 18.2 Å². The van der Waals surface area contributed by atoms with Crippen LogP contribution in [0.15, 0.2) is 45.9 Å². The Morgan fingerprint density at radius 1 is 1.29 bits per heavy atom. The van der Waals surface area contributed by atoms with Gasteiger partial charge in [0.05, 0.1) is 5.56 Å². The van der Waals surface area contributed by atoms with Gasteiger partial charge in [0.15, 0.2) is 0 Å². The molecule has 0 unspecified atom stereocenters. The van der Waals surface area contributed by atoms with E-state index in [4.69, 9.17) is 5.11 Å². The van der Waals surface area contributed by atoms with Crippen molar-refractivity contribution in [2.24, 2.45) is 0 Å². The van der Waals surface area contributed by atoms with E-state index in [-0.39, 0.29) is 20.7 Å². The Morgan fingerprint density at radius 3 is 2.52 bits per heavy atom. The van der Waals surface area contributed by atoms with Crippen LogP contribution in [0.25, 0.3) is 0 Å². The number of hydrogen-bond acceptors (Lipinski definition) is 4. The molecule has 0 aliphatic heterocycles. The highest BCUT2D eigenvalue weighted by atomic mass is 79.9. The van der Waals surface area contributed by atoms with E-state index >= 15 is 0 Å². The summed E-state index contributed by atoms with van der Waals surface area (Å²) in [5.74, 6) is -0.942. The number of pyridine rings is 1. The molecule has 110 valence electrons. The Morgan fingerprint density at radius 2 is 2.00 bits per heavy atom. The van der Waals surface area contributed by atoms with Crippen molar-refractivity contribution in [2.75, 3.05) is 4.72 Å². The number of nitrogens with one attached hydrogen (secondary N) is 1. The number of rotatable bonds is 4. The number of sulfonamides is 1. The minimum Gasteiger partial charge on any atom is -0.478 e. The standard InChI is InChI=1S/C13H11BrN2O4S/c1-8-2-5-12(15-7-8)16-21(19,20)11-4-3-9(13(17)18)6-10(11)14/h2-7H,1H3,(H,15,16)(H,17,18). The summed E-state index contributed by atoms with van der Waals surface area (Å²) in [5, 5.41) is 8.87. The van der Waals surface area contributed by atoms with Crippen LogP contribution in [0.4, 0.5) is 5.82 Å². The number of aromatic nitrogens is 1. The zero-order chi connectivity index (χ0) is 15.6. The third-order valence-electron chi connectivity index (χ3n) is 2.62. The average Bonchev–Trinajstić information content (AvgIpc) is 2.40. The summed E-state index contributed by atoms with van der Waals surface area (Å²) in [6, 6.07) is 6.97. The van der Waals surface area contributed by atoms with Gasteiger partial charge in [-0.25, -0.2) is 18.2 Å². The van der Waals surface area contributed by atoms with Crippen molar-refractivity contribution in [1.29, 1.82) is 0 Å². The molecule has 8 heteroatoms. The van der Waals surface area contributed by atoms with Crippen molar-refractivity contribution in [3.63, 3.8) is 0 Å². The van der Waals surface area contributed by atoms with Gasteiger partial charge in [0.1, 0.15) is 10.7 Å². The van der Waals surface area contributed by atoms with Crippen molar-refractivity contribution in [3.05, 3.63) is 52.1 Å². The van der Waals surface area contributed by atoms with Crippen LogP contribution in [0.2, 0.25) is 0 Å². The summed E-state index contributed by atoms with van der Waals surface area (Å²) in [5.41, 5.74) is 0.902. The van der Waals surface area contributed by atoms with Crippen LogP contribution < -0.4 is 4.72 Å². The van der Waals surface area contributed by atoms with Crippen LogP contribution in [0.5, 0.6) is 0 Å². The van der Waals surface area contributed by atoms with Gasteiger partial charge in [-0.3, -0.25) is 4.72 Å². The summed E-state index contributed by atoms with van der Waals surface area (Å²) >= 11 is 3.07.